The zero-order valence-electron chi connectivity index (χ0n) is 12.5. The Hall–Kier alpha value is -1.85. The van der Waals surface area contributed by atoms with Crippen molar-refractivity contribution in [2.45, 2.75) is 26.7 Å². The second-order valence-electron chi connectivity index (χ2n) is 5.35. The molecule has 1 aliphatic heterocycles. The Balaban J connectivity index is 2.67. The lowest BCUT2D eigenvalue weighted by Crippen LogP contribution is -2.43. The third-order valence-electron chi connectivity index (χ3n) is 3.78. The summed E-state index contributed by atoms with van der Waals surface area (Å²) in [6.07, 6.45) is 1.25. The van der Waals surface area contributed by atoms with Crippen LogP contribution in [-0.2, 0) is 14.4 Å². The molecule has 1 rings (SSSR count). The van der Waals surface area contributed by atoms with Crippen molar-refractivity contribution in [3.05, 3.63) is 11.1 Å². The van der Waals surface area contributed by atoms with Crippen molar-refractivity contribution in [3.63, 3.8) is 0 Å². The first kappa shape index (κ1) is 16.2. The zero-order chi connectivity index (χ0) is 15.4. The van der Waals surface area contributed by atoms with Crippen molar-refractivity contribution in [3.8, 4) is 0 Å². The maximum atomic E-state index is 12.2. The van der Waals surface area contributed by atoms with E-state index in [0.29, 0.717) is 25.9 Å². The van der Waals surface area contributed by atoms with Crippen molar-refractivity contribution >= 4 is 17.8 Å². The summed E-state index contributed by atoms with van der Waals surface area (Å²) >= 11 is 0. The van der Waals surface area contributed by atoms with Gasteiger partial charge in [0.15, 0.2) is 0 Å². The van der Waals surface area contributed by atoms with Crippen LogP contribution in [0.25, 0.3) is 0 Å². The molecule has 1 saturated heterocycles. The molecular weight excluding hydrogens is 260 g/mol. The van der Waals surface area contributed by atoms with Gasteiger partial charge in [-0.3, -0.25) is 9.59 Å². The van der Waals surface area contributed by atoms with Crippen LogP contribution in [0.3, 0.4) is 0 Å². The Morgan fingerprint density at radius 1 is 1.05 bits per heavy atom. The minimum Gasteiger partial charge on any atom is -0.478 e. The van der Waals surface area contributed by atoms with E-state index in [-0.39, 0.29) is 28.9 Å². The van der Waals surface area contributed by atoms with Gasteiger partial charge in [0, 0.05) is 44.2 Å². The molecule has 0 unspecified atom stereocenters. The number of amides is 2. The molecule has 6 nitrogen and oxygen atoms in total. The molecule has 0 radical (unpaired) electrons. The fourth-order valence-corrected chi connectivity index (χ4v) is 2.25. The number of rotatable bonds is 3. The third kappa shape index (κ3) is 3.59. The van der Waals surface area contributed by atoms with Crippen LogP contribution in [0, 0.1) is 5.92 Å². The van der Waals surface area contributed by atoms with Crippen molar-refractivity contribution < 1.29 is 19.5 Å². The topological polar surface area (TPSA) is 77.9 Å². The van der Waals surface area contributed by atoms with E-state index in [1.807, 2.05) is 0 Å². The van der Waals surface area contributed by atoms with E-state index < -0.39 is 5.97 Å². The van der Waals surface area contributed by atoms with Crippen LogP contribution >= 0.6 is 0 Å². The largest absolute Gasteiger partial charge is 0.478 e. The van der Waals surface area contributed by atoms with Crippen molar-refractivity contribution in [2.24, 2.45) is 5.92 Å². The molecule has 20 heavy (non-hydrogen) atoms. The van der Waals surface area contributed by atoms with Crippen LogP contribution in [0.15, 0.2) is 11.1 Å². The van der Waals surface area contributed by atoms with Crippen LogP contribution in [0.1, 0.15) is 26.7 Å². The Morgan fingerprint density at radius 3 is 1.95 bits per heavy atom. The molecule has 0 bridgehead atoms. The number of nitrogens with zero attached hydrogens (tertiary/aromatic N) is 2. The van der Waals surface area contributed by atoms with Crippen molar-refractivity contribution in [1.29, 1.82) is 0 Å². The first-order chi connectivity index (χ1) is 9.25. The maximum Gasteiger partial charge on any atom is 0.331 e. The molecule has 0 aromatic rings. The molecule has 0 aromatic heterocycles. The van der Waals surface area contributed by atoms with Crippen LogP contribution < -0.4 is 0 Å². The van der Waals surface area contributed by atoms with E-state index in [9.17, 15) is 14.4 Å². The number of aliphatic carboxylic acids is 1. The van der Waals surface area contributed by atoms with Crippen LogP contribution in [-0.4, -0.2) is 59.9 Å². The molecule has 6 heteroatoms. The quantitative estimate of drug-likeness (QED) is 0.774. The molecule has 1 aliphatic rings. The molecule has 1 fully saturated rings. The summed E-state index contributed by atoms with van der Waals surface area (Å²) in [6.45, 7) is 3.95. The van der Waals surface area contributed by atoms with Gasteiger partial charge in [-0.15, -0.1) is 0 Å². The smallest absolute Gasteiger partial charge is 0.331 e. The Morgan fingerprint density at radius 2 is 1.55 bits per heavy atom. The van der Waals surface area contributed by atoms with Gasteiger partial charge in [-0.25, -0.2) is 4.79 Å². The van der Waals surface area contributed by atoms with E-state index in [0.717, 1.165) is 0 Å². The highest BCUT2D eigenvalue weighted by Gasteiger charge is 2.29. The van der Waals surface area contributed by atoms with E-state index >= 15 is 0 Å². The number of likely N-dealkylation sites (tertiary alicyclic amines) is 1. The van der Waals surface area contributed by atoms with Gasteiger partial charge < -0.3 is 14.9 Å². The molecular formula is C14H22N2O4. The second kappa shape index (κ2) is 6.54. The fourth-order valence-electron chi connectivity index (χ4n) is 2.25. The number of hydrogen-bond donors (Lipinski definition) is 1. The zero-order valence-corrected chi connectivity index (χ0v) is 12.5. The van der Waals surface area contributed by atoms with E-state index in [1.54, 1.807) is 23.9 Å². The predicted octanol–water partition coefficient (Wildman–Crippen LogP) is 0.734. The fraction of sp³-hybridized carbons (Fsp3) is 0.643. The molecule has 2 amide bonds. The summed E-state index contributed by atoms with van der Waals surface area (Å²) in [7, 11) is 3.45. The van der Waals surface area contributed by atoms with Crippen LogP contribution in [0.5, 0.6) is 0 Å². The molecule has 0 saturated carbocycles. The third-order valence-corrected chi connectivity index (χ3v) is 3.78. The summed E-state index contributed by atoms with van der Waals surface area (Å²) in [4.78, 5) is 38.1. The number of carbonyl (C=O) groups excluding carboxylic acids is 2. The predicted molar refractivity (Wildman–Crippen MR) is 74.0 cm³/mol. The van der Waals surface area contributed by atoms with Gasteiger partial charge >= 0.3 is 5.97 Å². The van der Waals surface area contributed by atoms with Gasteiger partial charge in [0.2, 0.25) is 11.8 Å². The maximum absolute atomic E-state index is 12.2. The first-order valence-electron chi connectivity index (χ1n) is 6.67. The Kier molecular flexibility index (Phi) is 5.30. The van der Waals surface area contributed by atoms with Gasteiger partial charge in [0.1, 0.15) is 0 Å². The molecule has 112 valence electrons. The highest BCUT2D eigenvalue weighted by molar-refractivity contribution is 6.01. The SMILES string of the molecule is CC(C(=O)O)=C(C)C(=O)N1CCC(C(=O)N(C)C)CC1. The number of carbonyl (C=O) groups is 3. The number of piperidine rings is 1. The standard InChI is InChI=1S/C14H22N2O4/c1-9(10(2)14(19)20)12(17)16-7-5-11(6-8-16)13(18)15(3)4/h11H,5-8H2,1-4H3,(H,19,20). The highest BCUT2D eigenvalue weighted by Crippen LogP contribution is 2.21. The molecule has 0 spiro atoms. The molecule has 1 heterocycles. The van der Waals surface area contributed by atoms with Gasteiger partial charge in [-0.05, 0) is 26.7 Å². The minimum absolute atomic E-state index is 0.0427. The minimum atomic E-state index is -1.08. The van der Waals surface area contributed by atoms with Crippen LogP contribution in [0.4, 0.5) is 0 Å². The number of carboxylic acids is 1. The van der Waals surface area contributed by atoms with E-state index in [2.05, 4.69) is 0 Å². The summed E-state index contributed by atoms with van der Waals surface area (Å²) in [5, 5.41) is 8.90. The van der Waals surface area contributed by atoms with E-state index in [1.165, 1.54) is 13.8 Å². The normalized spacial score (nSPS) is 17.5. The summed E-state index contributed by atoms with van der Waals surface area (Å²) in [5.74, 6) is -1.28. The van der Waals surface area contributed by atoms with Gasteiger partial charge in [0.05, 0.1) is 0 Å². The number of carboxylic acid groups (broad SMARTS) is 1. The van der Waals surface area contributed by atoms with E-state index in [4.69, 9.17) is 5.11 Å². The van der Waals surface area contributed by atoms with Gasteiger partial charge in [-0.2, -0.15) is 0 Å². The second-order valence-corrected chi connectivity index (χ2v) is 5.35. The van der Waals surface area contributed by atoms with Gasteiger partial charge in [-0.1, -0.05) is 0 Å². The Labute approximate surface area is 119 Å². The average Bonchev–Trinajstić information content (AvgIpc) is 2.44. The monoisotopic (exact) mass is 282 g/mol. The van der Waals surface area contributed by atoms with Crippen molar-refractivity contribution in [2.75, 3.05) is 27.2 Å². The molecule has 0 aromatic carbocycles. The van der Waals surface area contributed by atoms with Gasteiger partial charge in [0.25, 0.3) is 0 Å². The number of hydrogen-bond acceptors (Lipinski definition) is 3. The van der Waals surface area contributed by atoms with Crippen molar-refractivity contribution in [1.82, 2.24) is 9.80 Å². The first-order valence-corrected chi connectivity index (χ1v) is 6.67. The Bertz CT molecular complexity index is 446. The molecule has 0 aliphatic carbocycles. The lowest BCUT2D eigenvalue weighted by molar-refractivity contribution is -0.137. The lowest BCUT2D eigenvalue weighted by atomic mass is 9.95. The summed E-state index contributed by atoms with van der Waals surface area (Å²) < 4.78 is 0. The average molecular weight is 282 g/mol. The molecule has 0 atom stereocenters. The lowest BCUT2D eigenvalue weighted by Gasteiger charge is -2.32. The highest BCUT2D eigenvalue weighted by atomic mass is 16.4. The van der Waals surface area contributed by atoms with Crippen LogP contribution in [0.2, 0.25) is 0 Å². The summed E-state index contributed by atoms with van der Waals surface area (Å²) in [5.41, 5.74) is 0.330. The summed E-state index contributed by atoms with van der Waals surface area (Å²) in [6, 6.07) is 0. The molecule has 1 N–H and O–H groups in total.